The minimum Gasteiger partial charge on any atom is -0.264 e. The Bertz CT molecular complexity index is 2240. The largest absolute Gasteiger partial charge is 0.264 e. The van der Waals surface area contributed by atoms with E-state index >= 15 is 0 Å². The van der Waals surface area contributed by atoms with Crippen molar-refractivity contribution in [1.82, 2.24) is 4.98 Å². The summed E-state index contributed by atoms with van der Waals surface area (Å²) in [7, 11) is 0. The third-order valence-corrected chi connectivity index (χ3v) is 10.2. The summed E-state index contributed by atoms with van der Waals surface area (Å²) in [6, 6.07) is 37.5. The van der Waals surface area contributed by atoms with E-state index in [0.717, 1.165) is 22.3 Å². The molecule has 0 radical (unpaired) electrons. The Morgan fingerprint density at radius 2 is 0.750 bits per heavy atom. The van der Waals surface area contributed by atoms with Crippen molar-refractivity contribution < 1.29 is 22.0 Å². The highest BCUT2D eigenvalue weighted by Crippen LogP contribution is 2.29. The average molecular weight is 942 g/mol. The predicted molar refractivity (Wildman–Crippen MR) is 287 cm³/mol. The maximum atomic E-state index is 13.3. The number of benzene rings is 5. The van der Waals surface area contributed by atoms with E-state index < -0.39 is 17.0 Å². The molecule has 0 spiro atoms. The lowest BCUT2D eigenvalue weighted by Gasteiger charge is -2.20. The van der Waals surface area contributed by atoms with E-state index in [2.05, 4.69) is 104 Å². The topological polar surface area (TPSA) is 12.9 Å². The highest BCUT2D eigenvalue weighted by Gasteiger charge is 2.22. The van der Waals surface area contributed by atoms with Crippen LogP contribution in [-0.2, 0) is 32.5 Å². The van der Waals surface area contributed by atoms with Gasteiger partial charge in [-0.05, 0) is 110 Å². The van der Waals surface area contributed by atoms with E-state index in [0.29, 0.717) is 5.41 Å². The fourth-order valence-corrected chi connectivity index (χ4v) is 6.20. The molecule has 0 aliphatic heterocycles. The summed E-state index contributed by atoms with van der Waals surface area (Å²) in [5.41, 5.74) is 6.46. The zero-order valence-corrected chi connectivity index (χ0v) is 43.6. The van der Waals surface area contributed by atoms with Crippen molar-refractivity contribution in [3.63, 3.8) is 0 Å². The van der Waals surface area contributed by atoms with E-state index in [9.17, 15) is 22.0 Å². The molecule has 0 amide bonds. The standard InChI is InChI=1S/C11H15F.C10H12F2.2C10H13F.C10H14.C9H13N.2CH4/c1-8-5-6-10(12)9(7-8)11(2,3)4;1-10(2,3)9-7(11)5-4-6-8(9)12;1-10(2,3)8-5-4-6-9(11)7-8;1-10(2,3)8-6-4-5-7-9(8)11;1-10(2,3)9-7-5-4-6-8-9;1-9(2,3)8-5-4-6-10-7-8;;/h5-7H,1-4H3;4-6H,1-3H3;2*4-7H,1-3H3;4-8H,1-3H3;4-7H,1-3H3;2*1H4. The quantitative estimate of drug-likeness (QED) is 0.138. The van der Waals surface area contributed by atoms with Gasteiger partial charge in [0.25, 0.3) is 0 Å². The van der Waals surface area contributed by atoms with Gasteiger partial charge in [-0.1, -0.05) is 230 Å². The van der Waals surface area contributed by atoms with Crippen LogP contribution in [0.2, 0.25) is 0 Å². The van der Waals surface area contributed by atoms with Gasteiger partial charge in [0.1, 0.15) is 29.1 Å². The first-order chi connectivity index (χ1) is 30.1. The lowest BCUT2D eigenvalue weighted by atomic mass is 9.86. The van der Waals surface area contributed by atoms with E-state index in [1.54, 1.807) is 51.2 Å². The van der Waals surface area contributed by atoms with Gasteiger partial charge in [-0.2, -0.15) is 0 Å². The number of halogens is 5. The Labute approximate surface area is 412 Å². The molecule has 0 fully saturated rings. The van der Waals surface area contributed by atoms with E-state index in [1.807, 2.05) is 85.0 Å². The van der Waals surface area contributed by atoms with Crippen molar-refractivity contribution in [2.75, 3.05) is 0 Å². The zero-order chi connectivity index (χ0) is 50.9. The number of aromatic nitrogens is 1. The normalized spacial score (nSPS) is 11.3. The van der Waals surface area contributed by atoms with Crippen molar-refractivity contribution in [3.8, 4) is 0 Å². The molecule has 376 valence electrons. The lowest BCUT2D eigenvalue weighted by molar-refractivity contribution is 0.475. The van der Waals surface area contributed by atoms with Crippen molar-refractivity contribution >= 4 is 0 Å². The summed E-state index contributed by atoms with van der Waals surface area (Å²) in [6.07, 6.45) is 3.72. The summed E-state index contributed by atoms with van der Waals surface area (Å²) in [4.78, 5) is 4.05. The highest BCUT2D eigenvalue weighted by atomic mass is 19.1. The molecule has 68 heavy (non-hydrogen) atoms. The monoisotopic (exact) mass is 942 g/mol. The Morgan fingerprint density at radius 3 is 1.07 bits per heavy atom. The molecule has 1 heterocycles. The first-order valence-electron chi connectivity index (χ1n) is 22.7. The molecule has 0 aliphatic rings. The fourth-order valence-electron chi connectivity index (χ4n) is 6.20. The van der Waals surface area contributed by atoms with Gasteiger partial charge in [0, 0.05) is 18.0 Å². The van der Waals surface area contributed by atoms with E-state index in [1.165, 1.54) is 47.5 Å². The number of aryl methyl sites for hydroxylation is 1. The predicted octanol–water partition coefficient (Wildman–Crippen LogP) is 19.6. The Balaban J connectivity index is 0. The summed E-state index contributed by atoms with van der Waals surface area (Å²) in [6.45, 7) is 38.9. The third-order valence-electron chi connectivity index (χ3n) is 10.2. The Kier molecular flexibility index (Phi) is 26.6. The molecule has 6 aromatic rings. The second-order valence-electron chi connectivity index (χ2n) is 22.7. The first-order valence-corrected chi connectivity index (χ1v) is 22.7. The first kappa shape index (κ1) is 65.0. The fraction of sp³-hybridized carbons (Fsp3) is 0.435. The Hall–Kier alpha value is -5.10. The summed E-state index contributed by atoms with van der Waals surface area (Å²) in [5, 5.41) is 0. The van der Waals surface area contributed by atoms with Gasteiger partial charge in [-0.25, -0.2) is 22.0 Å². The number of hydrogen-bond donors (Lipinski definition) is 0. The number of nitrogens with zero attached hydrogens (tertiary/aromatic N) is 1. The van der Waals surface area contributed by atoms with Gasteiger partial charge < -0.3 is 0 Å². The smallest absolute Gasteiger partial charge is 0.129 e. The molecule has 0 aliphatic carbocycles. The number of pyridine rings is 1. The van der Waals surface area contributed by atoms with Crippen LogP contribution < -0.4 is 0 Å². The van der Waals surface area contributed by atoms with Gasteiger partial charge >= 0.3 is 0 Å². The Morgan fingerprint density at radius 1 is 0.338 bits per heavy atom. The molecule has 6 rings (SSSR count). The molecule has 0 unspecified atom stereocenters. The van der Waals surface area contributed by atoms with Crippen molar-refractivity contribution in [3.05, 3.63) is 208 Å². The lowest BCUT2D eigenvalue weighted by Crippen LogP contribution is -2.15. The van der Waals surface area contributed by atoms with Crippen molar-refractivity contribution in [1.29, 1.82) is 0 Å². The van der Waals surface area contributed by atoms with Crippen LogP contribution in [0.1, 0.15) is 178 Å². The molecule has 0 saturated heterocycles. The molecule has 5 aromatic carbocycles. The molecule has 1 aromatic heterocycles. The van der Waals surface area contributed by atoms with Crippen LogP contribution in [0.3, 0.4) is 0 Å². The van der Waals surface area contributed by atoms with Gasteiger partial charge in [0.05, 0.1) is 0 Å². The number of rotatable bonds is 0. The SMILES string of the molecule is C.C.CC(C)(C)c1c(F)cccc1F.CC(C)(C)c1cccc(F)c1.CC(C)(C)c1ccccc1.CC(C)(C)c1ccccc1F.CC(C)(C)c1cccnc1.Cc1ccc(F)c(C(C)(C)C)c1. The van der Waals surface area contributed by atoms with Crippen LogP contribution >= 0.6 is 0 Å². The maximum absolute atomic E-state index is 13.3. The van der Waals surface area contributed by atoms with E-state index in [-0.39, 0.29) is 59.5 Å². The van der Waals surface area contributed by atoms with Crippen LogP contribution in [0.15, 0.2) is 140 Å². The summed E-state index contributed by atoms with van der Waals surface area (Å²) < 4.78 is 65.3. The van der Waals surface area contributed by atoms with Crippen LogP contribution in [0.25, 0.3) is 0 Å². The van der Waals surface area contributed by atoms with Gasteiger partial charge in [-0.3, -0.25) is 4.98 Å². The molecule has 6 heteroatoms. The van der Waals surface area contributed by atoms with Crippen LogP contribution in [-0.4, -0.2) is 4.98 Å². The summed E-state index contributed by atoms with van der Waals surface area (Å²) in [5.74, 6) is -1.31. The molecular weight excluding hydrogens is 854 g/mol. The minimum atomic E-state index is -0.477. The van der Waals surface area contributed by atoms with Crippen LogP contribution in [0.4, 0.5) is 22.0 Å². The van der Waals surface area contributed by atoms with Gasteiger partial charge in [-0.15, -0.1) is 0 Å². The molecule has 0 saturated carbocycles. The zero-order valence-electron chi connectivity index (χ0n) is 43.6. The minimum absolute atomic E-state index is 0. The van der Waals surface area contributed by atoms with Crippen LogP contribution in [0.5, 0.6) is 0 Å². The molecule has 0 atom stereocenters. The van der Waals surface area contributed by atoms with Gasteiger partial charge in [0.15, 0.2) is 0 Å². The van der Waals surface area contributed by atoms with Crippen molar-refractivity contribution in [2.45, 2.75) is 179 Å². The molecular formula is C62H88F5N. The number of hydrogen-bond acceptors (Lipinski definition) is 1. The average Bonchev–Trinajstić information content (AvgIpc) is 3.19. The highest BCUT2D eigenvalue weighted by molar-refractivity contribution is 5.30. The van der Waals surface area contributed by atoms with Gasteiger partial charge in [0.2, 0.25) is 0 Å². The second kappa shape index (κ2) is 27.8. The molecule has 1 nitrogen and oxygen atoms in total. The second-order valence-corrected chi connectivity index (χ2v) is 22.7. The van der Waals surface area contributed by atoms with Crippen LogP contribution in [0, 0.1) is 36.0 Å². The maximum Gasteiger partial charge on any atom is 0.129 e. The van der Waals surface area contributed by atoms with Crippen molar-refractivity contribution in [2.24, 2.45) is 0 Å². The molecule has 0 bridgehead atoms. The molecule has 0 N–H and O–H groups in total. The van der Waals surface area contributed by atoms with E-state index in [4.69, 9.17) is 0 Å². The summed E-state index contributed by atoms with van der Waals surface area (Å²) >= 11 is 0. The third kappa shape index (κ3) is 24.3.